The second kappa shape index (κ2) is 3.82. The molecule has 1 aliphatic rings. The van der Waals surface area contributed by atoms with Crippen molar-refractivity contribution in [1.29, 1.82) is 0 Å². The Morgan fingerprint density at radius 1 is 1.50 bits per heavy atom. The summed E-state index contributed by atoms with van der Waals surface area (Å²) in [5.74, 6) is 0.434. The van der Waals surface area contributed by atoms with Crippen LogP contribution in [0.15, 0.2) is 12.1 Å². The Balaban J connectivity index is 2.36. The van der Waals surface area contributed by atoms with Crippen LogP contribution in [0.1, 0.15) is 28.8 Å². The molecule has 0 nitrogen and oxygen atoms in total. The van der Waals surface area contributed by atoms with E-state index >= 15 is 0 Å². The molecule has 1 atom stereocenters. The summed E-state index contributed by atoms with van der Waals surface area (Å²) in [5, 5.41) is 0.645. The first-order chi connectivity index (χ1) is 6.59. The van der Waals surface area contributed by atoms with Crippen molar-refractivity contribution in [2.75, 3.05) is 0 Å². The average molecular weight is 278 g/mol. The van der Waals surface area contributed by atoms with Gasteiger partial charge in [0.25, 0.3) is 0 Å². The number of hydrogen-bond donors (Lipinski definition) is 0. The van der Waals surface area contributed by atoms with E-state index in [4.69, 9.17) is 11.6 Å². The van der Waals surface area contributed by atoms with Gasteiger partial charge in [-0.25, -0.2) is 4.39 Å². The Morgan fingerprint density at radius 2 is 2.14 bits per heavy atom. The normalized spacial score (nSPS) is 18.3. The van der Waals surface area contributed by atoms with Gasteiger partial charge in [-0.2, -0.15) is 0 Å². The van der Waals surface area contributed by atoms with Crippen LogP contribution in [0.3, 0.4) is 0 Å². The molecule has 0 aromatic heterocycles. The summed E-state index contributed by atoms with van der Waals surface area (Å²) in [6, 6.07) is 3.25. The number of alkyl halides is 1. The van der Waals surface area contributed by atoms with Gasteiger partial charge in [0.2, 0.25) is 0 Å². The minimum atomic E-state index is -0.152. The first-order valence-corrected chi connectivity index (χ1v) is 5.98. The number of rotatable bonds is 2. The standard InChI is InChI=1S/C11H11BrClF/c1-6-4-10(14)8(5-9(6)13)11(12)7-2-3-7/h4-5,7,11H,2-3H2,1H3. The minimum absolute atomic E-state index is 0.126. The average Bonchev–Trinajstić information content (AvgIpc) is 2.93. The predicted molar refractivity (Wildman–Crippen MR) is 60.5 cm³/mol. The van der Waals surface area contributed by atoms with E-state index in [1.807, 2.05) is 6.92 Å². The van der Waals surface area contributed by atoms with Gasteiger partial charge in [0.05, 0.1) is 0 Å². The van der Waals surface area contributed by atoms with Crippen molar-refractivity contribution in [3.8, 4) is 0 Å². The van der Waals surface area contributed by atoms with Crippen molar-refractivity contribution in [2.24, 2.45) is 5.92 Å². The second-order valence-corrected chi connectivity index (χ2v) is 5.26. The molecule has 0 N–H and O–H groups in total. The van der Waals surface area contributed by atoms with E-state index < -0.39 is 0 Å². The van der Waals surface area contributed by atoms with E-state index in [1.54, 1.807) is 6.07 Å². The van der Waals surface area contributed by atoms with Crippen molar-refractivity contribution < 1.29 is 4.39 Å². The fourth-order valence-electron chi connectivity index (χ4n) is 1.52. The Labute approximate surface area is 96.6 Å². The summed E-state index contributed by atoms with van der Waals surface area (Å²) in [4.78, 5) is 0.126. The Bertz CT molecular complexity index is 361. The molecule has 0 aliphatic heterocycles. The highest BCUT2D eigenvalue weighted by Gasteiger charge is 2.32. The lowest BCUT2D eigenvalue weighted by Crippen LogP contribution is -1.97. The zero-order valence-corrected chi connectivity index (χ0v) is 10.2. The van der Waals surface area contributed by atoms with Crippen LogP contribution in [0.25, 0.3) is 0 Å². The molecule has 3 heteroatoms. The first-order valence-electron chi connectivity index (χ1n) is 4.69. The van der Waals surface area contributed by atoms with Gasteiger partial charge < -0.3 is 0 Å². The molecule has 0 bridgehead atoms. The summed E-state index contributed by atoms with van der Waals surface area (Å²) in [5.41, 5.74) is 1.49. The third-order valence-electron chi connectivity index (χ3n) is 2.61. The van der Waals surface area contributed by atoms with Crippen LogP contribution in [0.4, 0.5) is 4.39 Å². The zero-order chi connectivity index (χ0) is 10.3. The number of hydrogen-bond acceptors (Lipinski definition) is 0. The van der Waals surface area contributed by atoms with Gasteiger partial charge in [-0.1, -0.05) is 27.5 Å². The van der Waals surface area contributed by atoms with Crippen molar-refractivity contribution in [3.63, 3.8) is 0 Å². The molecule has 1 unspecified atom stereocenters. The van der Waals surface area contributed by atoms with Gasteiger partial charge in [-0.05, 0) is 43.4 Å². The van der Waals surface area contributed by atoms with Crippen molar-refractivity contribution >= 4 is 27.5 Å². The number of halogens is 3. The lowest BCUT2D eigenvalue weighted by Gasteiger charge is -2.11. The van der Waals surface area contributed by atoms with Crippen molar-refractivity contribution in [1.82, 2.24) is 0 Å². The van der Waals surface area contributed by atoms with E-state index in [0.29, 0.717) is 16.5 Å². The summed E-state index contributed by atoms with van der Waals surface area (Å²) in [6.07, 6.45) is 2.36. The third-order valence-corrected chi connectivity index (χ3v) is 4.26. The fraction of sp³-hybridized carbons (Fsp3) is 0.455. The van der Waals surface area contributed by atoms with Crippen molar-refractivity contribution in [2.45, 2.75) is 24.6 Å². The lowest BCUT2D eigenvalue weighted by molar-refractivity contribution is 0.600. The molecule has 0 heterocycles. The molecule has 1 fully saturated rings. The minimum Gasteiger partial charge on any atom is -0.207 e. The van der Waals surface area contributed by atoms with E-state index in [-0.39, 0.29) is 10.6 Å². The SMILES string of the molecule is Cc1cc(F)c(C(Br)C2CC2)cc1Cl. The molecule has 0 radical (unpaired) electrons. The van der Waals surface area contributed by atoms with E-state index in [0.717, 1.165) is 5.56 Å². The van der Waals surface area contributed by atoms with Gasteiger partial charge in [0.15, 0.2) is 0 Å². The Kier molecular flexibility index (Phi) is 2.85. The maximum atomic E-state index is 13.6. The van der Waals surface area contributed by atoms with E-state index in [2.05, 4.69) is 15.9 Å². The molecule has 0 amide bonds. The molecule has 14 heavy (non-hydrogen) atoms. The van der Waals surface area contributed by atoms with Crippen molar-refractivity contribution in [3.05, 3.63) is 34.1 Å². The van der Waals surface area contributed by atoms with Crippen LogP contribution in [-0.4, -0.2) is 0 Å². The van der Waals surface area contributed by atoms with Gasteiger partial charge in [-0.15, -0.1) is 0 Å². The van der Waals surface area contributed by atoms with E-state index in [9.17, 15) is 4.39 Å². The Morgan fingerprint density at radius 3 is 2.71 bits per heavy atom. The first kappa shape index (κ1) is 10.4. The highest BCUT2D eigenvalue weighted by molar-refractivity contribution is 9.09. The van der Waals surface area contributed by atoms with Crippen LogP contribution in [0, 0.1) is 18.7 Å². The summed E-state index contributed by atoms with van der Waals surface area (Å²) in [7, 11) is 0. The van der Waals surface area contributed by atoms with Crippen LogP contribution in [0.5, 0.6) is 0 Å². The molecule has 1 aliphatic carbocycles. The van der Waals surface area contributed by atoms with Crippen LogP contribution in [-0.2, 0) is 0 Å². The summed E-state index contributed by atoms with van der Waals surface area (Å²) < 4.78 is 13.6. The number of aryl methyl sites for hydroxylation is 1. The second-order valence-electron chi connectivity index (χ2n) is 3.86. The largest absolute Gasteiger partial charge is 0.207 e. The molecule has 1 aromatic rings. The molecule has 1 aromatic carbocycles. The van der Waals surface area contributed by atoms with Gasteiger partial charge in [0.1, 0.15) is 5.82 Å². The lowest BCUT2D eigenvalue weighted by atomic mass is 10.1. The number of benzene rings is 1. The maximum absolute atomic E-state index is 13.6. The van der Waals surface area contributed by atoms with Crippen LogP contribution in [0.2, 0.25) is 5.02 Å². The predicted octanol–water partition coefficient (Wildman–Crippen LogP) is 4.63. The fourth-order valence-corrected chi connectivity index (χ4v) is 2.57. The quantitative estimate of drug-likeness (QED) is 0.691. The molecular formula is C11H11BrClF. The smallest absolute Gasteiger partial charge is 0.127 e. The molecule has 1 saturated carbocycles. The van der Waals surface area contributed by atoms with E-state index in [1.165, 1.54) is 18.9 Å². The topological polar surface area (TPSA) is 0 Å². The monoisotopic (exact) mass is 276 g/mol. The highest BCUT2D eigenvalue weighted by Crippen LogP contribution is 2.47. The van der Waals surface area contributed by atoms with Gasteiger partial charge >= 0.3 is 0 Å². The third kappa shape index (κ3) is 1.96. The molecular weight excluding hydrogens is 266 g/mol. The van der Waals surface area contributed by atoms with Crippen LogP contribution < -0.4 is 0 Å². The molecule has 76 valence electrons. The molecule has 2 rings (SSSR count). The Hall–Kier alpha value is -0.0800. The maximum Gasteiger partial charge on any atom is 0.127 e. The molecule has 0 spiro atoms. The van der Waals surface area contributed by atoms with Crippen LogP contribution >= 0.6 is 27.5 Å². The zero-order valence-electron chi connectivity index (χ0n) is 7.86. The summed E-state index contributed by atoms with van der Waals surface area (Å²) >= 11 is 9.49. The van der Waals surface area contributed by atoms with Gasteiger partial charge in [0, 0.05) is 15.4 Å². The highest BCUT2D eigenvalue weighted by atomic mass is 79.9. The molecule has 0 saturated heterocycles. The van der Waals surface area contributed by atoms with Gasteiger partial charge in [-0.3, -0.25) is 0 Å². The summed E-state index contributed by atoms with van der Waals surface area (Å²) in [6.45, 7) is 1.82.